The lowest BCUT2D eigenvalue weighted by molar-refractivity contribution is 0.489. The minimum absolute atomic E-state index is 0.607. The Bertz CT molecular complexity index is 693. The summed E-state index contributed by atoms with van der Waals surface area (Å²) in [6.07, 6.45) is 1.53. The first-order valence-corrected chi connectivity index (χ1v) is 6.60. The zero-order chi connectivity index (χ0) is 12.5. The molecule has 0 spiro atoms. The van der Waals surface area contributed by atoms with Crippen molar-refractivity contribution >= 4 is 34.5 Å². The number of halogens is 1. The lowest BCUT2D eigenvalue weighted by Gasteiger charge is -1.96. The number of hydrogen-bond acceptors (Lipinski definition) is 5. The summed E-state index contributed by atoms with van der Waals surface area (Å²) in [6.45, 7) is 0. The number of rotatable bonds is 3. The molecule has 2 aromatic heterocycles. The fourth-order valence-corrected chi connectivity index (χ4v) is 2.51. The second kappa shape index (κ2) is 4.62. The minimum atomic E-state index is 0.607. The number of benzene rings is 1. The van der Waals surface area contributed by atoms with E-state index in [1.165, 1.54) is 18.1 Å². The maximum Gasteiger partial charge on any atom is 0.257 e. The van der Waals surface area contributed by atoms with Gasteiger partial charge in [-0.3, -0.25) is 4.68 Å². The molecule has 2 heterocycles. The summed E-state index contributed by atoms with van der Waals surface area (Å²) >= 11 is 7.38. The largest absolute Gasteiger partial charge is 0.431 e. The van der Waals surface area contributed by atoms with Crippen LogP contribution < -0.4 is 0 Å². The summed E-state index contributed by atoms with van der Waals surface area (Å²) < 4.78 is 7.33. The number of oxazole rings is 1. The fraction of sp³-hybridized carbons (Fsp3) is 0.182. The average Bonchev–Trinajstić information content (AvgIpc) is 2.92. The molecule has 0 aliphatic rings. The molecule has 0 aliphatic heterocycles. The SMILES string of the molecule is Cn1ncnc1CSc1nc2cc(Cl)ccc2o1. The molecule has 0 fully saturated rings. The molecule has 0 saturated heterocycles. The Morgan fingerprint density at radius 2 is 2.33 bits per heavy atom. The smallest absolute Gasteiger partial charge is 0.257 e. The van der Waals surface area contributed by atoms with Crippen LogP contribution in [0.2, 0.25) is 5.02 Å². The standard InChI is InChI=1S/C11H9ClN4OS/c1-16-10(13-6-14-16)5-18-11-15-8-4-7(12)2-3-9(8)17-11/h2-4,6H,5H2,1H3. The zero-order valence-corrected chi connectivity index (χ0v) is 11.1. The first-order valence-electron chi connectivity index (χ1n) is 5.24. The summed E-state index contributed by atoms with van der Waals surface area (Å²) in [5.74, 6) is 1.54. The van der Waals surface area contributed by atoms with Crippen LogP contribution in [0.5, 0.6) is 0 Å². The predicted octanol–water partition coefficient (Wildman–Crippen LogP) is 2.90. The predicted molar refractivity (Wildman–Crippen MR) is 69.6 cm³/mol. The van der Waals surface area contributed by atoms with Gasteiger partial charge >= 0.3 is 0 Å². The molecular weight excluding hydrogens is 272 g/mol. The van der Waals surface area contributed by atoms with Crippen molar-refractivity contribution in [2.45, 2.75) is 11.0 Å². The van der Waals surface area contributed by atoms with Crippen LogP contribution in [0.4, 0.5) is 0 Å². The monoisotopic (exact) mass is 280 g/mol. The molecule has 92 valence electrons. The third-order valence-electron chi connectivity index (χ3n) is 2.46. The van der Waals surface area contributed by atoms with Crippen LogP contribution in [0.15, 0.2) is 34.2 Å². The van der Waals surface area contributed by atoms with Crippen LogP contribution in [0.25, 0.3) is 11.1 Å². The Morgan fingerprint density at radius 1 is 1.44 bits per heavy atom. The molecule has 0 aliphatic carbocycles. The molecular formula is C11H9ClN4OS. The maximum absolute atomic E-state index is 5.90. The number of nitrogens with zero attached hydrogens (tertiary/aromatic N) is 4. The molecule has 18 heavy (non-hydrogen) atoms. The highest BCUT2D eigenvalue weighted by atomic mass is 35.5. The van der Waals surface area contributed by atoms with Crippen LogP contribution in [0, 0.1) is 0 Å². The quantitative estimate of drug-likeness (QED) is 0.691. The molecule has 1 aromatic carbocycles. The van der Waals surface area contributed by atoms with Gasteiger partial charge in [-0.25, -0.2) is 9.97 Å². The van der Waals surface area contributed by atoms with Crippen LogP contribution in [-0.2, 0) is 12.8 Å². The van der Waals surface area contributed by atoms with Crippen molar-refractivity contribution in [3.63, 3.8) is 0 Å². The van der Waals surface area contributed by atoms with Gasteiger partial charge in [-0.2, -0.15) is 5.10 Å². The summed E-state index contributed by atoms with van der Waals surface area (Å²) in [7, 11) is 1.86. The molecule has 7 heteroatoms. The van der Waals surface area contributed by atoms with Gasteiger partial charge in [0.2, 0.25) is 0 Å². The first-order chi connectivity index (χ1) is 8.72. The summed E-state index contributed by atoms with van der Waals surface area (Å²) in [5, 5.41) is 5.27. The minimum Gasteiger partial charge on any atom is -0.431 e. The van der Waals surface area contributed by atoms with E-state index in [1.54, 1.807) is 16.8 Å². The highest BCUT2D eigenvalue weighted by Crippen LogP contribution is 2.27. The number of hydrogen-bond donors (Lipinski definition) is 0. The zero-order valence-electron chi connectivity index (χ0n) is 9.50. The summed E-state index contributed by atoms with van der Waals surface area (Å²) in [6, 6.07) is 5.38. The van der Waals surface area contributed by atoms with Crippen molar-refractivity contribution in [2.24, 2.45) is 7.05 Å². The molecule has 3 aromatic rings. The van der Waals surface area contributed by atoms with Gasteiger partial charge in [0.05, 0.1) is 5.75 Å². The van der Waals surface area contributed by atoms with Gasteiger partial charge in [0, 0.05) is 12.1 Å². The van der Waals surface area contributed by atoms with Crippen molar-refractivity contribution in [3.05, 3.63) is 35.4 Å². The van der Waals surface area contributed by atoms with Gasteiger partial charge in [0.1, 0.15) is 17.7 Å². The molecule has 5 nitrogen and oxygen atoms in total. The van der Waals surface area contributed by atoms with Gasteiger partial charge in [-0.1, -0.05) is 23.4 Å². The number of thioether (sulfide) groups is 1. The van der Waals surface area contributed by atoms with Crippen molar-refractivity contribution in [1.82, 2.24) is 19.7 Å². The van der Waals surface area contributed by atoms with E-state index in [2.05, 4.69) is 15.1 Å². The lowest BCUT2D eigenvalue weighted by Crippen LogP contribution is -1.97. The van der Waals surface area contributed by atoms with E-state index < -0.39 is 0 Å². The van der Waals surface area contributed by atoms with Crippen LogP contribution in [0.1, 0.15) is 5.82 Å². The highest BCUT2D eigenvalue weighted by Gasteiger charge is 2.09. The number of fused-ring (bicyclic) bond motifs is 1. The van der Waals surface area contributed by atoms with Gasteiger partial charge in [0.15, 0.2) is 5.58 Å². The molecule has 0 N–H and O–H groups in total. The maximum atomic E-state index is 5.90. The van der Waals surface area contributed by atoms with E-state index >= 15 is 0 Å². The molecule has 0 unspecified atom stereocenters. The second-order valence-corrected chi connectivity index (χ2v) is 5.04. The van der Waals surface area contributed by atoms with Crippen molar-refractivity contribution < 1.29 is 4.42 Å². The Kier molecular flexibility index (Phi) is 2.97. The van der Waals surface area contributed by atoms with E-state index in [4.69, 9.17) is 16.0 Å². The summed E-state index contributed by atoms with van der Waals surface area (Å²) in [5.41, 5.74) is 1.50. The van der Waals surface area contributed by atoms with E-state index in [9.17, 15) is 0 Å². The average molecular weight is 281 g/mol. The van der Waals surface area contributed by atoms with Gasteiger partial charge in [0.25, 0.3) is 5.22 Å². The van der Waals surface area contributed by atoms with Crippen LogP contribution >= 0.6 is 23.4 Å². The Balaban J connectivity index is 1.81. The van der Waals surface area contributed by atoms with Crippen molar-refractivity contribution in [3.8, 4) is 0 Å². The molecule has 0 radical (unpaired) electrons. The van der Waals surface area contributed by atoms with E-state index in [0.717, 1.165) is 16.9 Å². The third-order valence-corrected chi connectivity index (χ3v) is 3.52. The van der Waals surface area contributed by atoms with Crippen LogP contribution in [-0.4, -0.2) is 19.7 Å². The molecule has 0 amide bonds. The Morgan fingerprint density at radius 3 is 3.11 bits per heavy atom. The van der Waals surface area contributed by atoms with E-state index in [0.29, 0.717) is 16.0 Å². The lowest BCUT2D eigenvalue weighted by atomic mass is 10.3. The van der Waals surface area contributed by atoms with Crippen molar-refractivity contribution in [1.29, 1.82) is 0 Å². The first kappa shape index (κ1) is 11.6. The molecule has 3 rings (SSSR count). The van der Waals surface area contributed by atoms with Crippen LogP contribution in [0.3, 0.4) is 0 Å². The highest BCUT2D eigenvalue weighted by molar-refractivity contribution is 7.98. The van der Waals surface area contributed by atoms with E-state index in [-0.39, 0.29) is 0 Å². The number of aromatic nitrogens is 4. The third kappa shape index (κ3) is 2.21. The van der Waals surface area contributed by atoms with Gasteiger partial charge < -0.3 is 4.42 Å². The topological polar surface area (TPSA) is 56.7 Å². The molecule has 0 atom stereocenters. The molecule has 0 bridgehead atoms. The second-order valence-electron chi connectivity index (χ2n) is 3.68. The fourth-order valence-electron chi connectivity index (χ4n) is 1.52. The van der Waals surface area contributed by atoms with E-state index in [1.807, 2.05) is 13.1 Å². The van der Waals surface area contributed by atoms with Gasteiger partial charge in [-0.05, 0) is 18.2 Å². The summed E-state index contributed by atoms with van der Waals surface area (Å²) in [4.78, 5) is 8.50. The Labute approximate surface area is 112 Å². The Hall–Kier alpha value is -1.53. The number of aryl methyl sites for hydroxylation is 1. The normalized spacial score (nSPS) is 11.2. The van der Waals surface area contributed by atoms with Gasteiger partial charge in [-0.15, -0.1) is 0 Å². The molecule has 0 saturated carbocycles. The van der Waals surface area contributed by atoms with Crippen molar-refractivity contribution in [2.75, 3.05) is 0 Å².